The smallest absolute Gasteiger partial charge is 0.125 e. The van der Waals surface area contributed by atoms with Gasteiger partial charge in [0.15, 0.2) is 0 Å². The number of hydrogen-bond acceptors (Lipinski definition) is 2. The molecular formula is C12H14FN3. The summed E-state index contributed by atoms with van der Waals surface area (Å²) in [7, 11) is 0. The molecule has 16 heavy (non-hydrogen) atoms. The van der Waals surface area contributed by atoms with E-state index in [0.29, 0.717) is 0 Å². The number of hydrogen-bond donors (Lipinski definition) is 1. The van der Waals surface area contributed by atoms with Gasteiger partial charge in [-0.1, -0.05) is 6.07 Å². The van der Waals surface area contributed by atoms with Crippen LogP contribution in [0.1, 0.15) is 12.5 Å². The highest BCUT2D eigenvalue weighted by Gasteiger charge is 2.03. The number of halogens is 1. The van der Waals surface area contributed by atoms with Gasteiger partial charge in [-0.3, -0.25) is 0 Å². The Morgan fingerprint density at radius 2 is 2.31 bits per heavy atom. The minimum absolute atomic E-state index is 0.102. The number of nitrogens with two attached hydrogens (primary N) is 1. The Morgan fingerprint density at radius 1 is 1.50 bits per heavy atom. The largest absolute Gasteiger partial charge is 0.328 e. The maximum absolute atomic E-state index is 13.0. The van der Waals surface area contributed by atoms with Crippen molar-refractivity contribution in [2.24, 2.45) is 5.73 Å². The van der Waals surface area contributed by atoms with Gasteiger partial charge >= 0.3 is 0 Å². The van der Waals surface area contributed by atoms with Crippen LogP contribution in [-0.2, 0) is 6.42 Å². The minimum atomic E-state index is -0.262. The number of nitrogens with zero attached hydrogens (tertiary/aromatic N) is 2. The summed E-state index contributed by atoms with van der Waals surface area (Å²) in [5.74, 6) is -0.262. The number of aromatic nitrogens is 2. The van der Waals surface area contributed by atoms with Crippen LogP contribution in [-0.4, -0.2) is 15.8 Å². The second-order valence-corrected chi connectivity index (χ2v) is 3.95. The van der Waals surface area contributed by atoms with Gasteiger partial charge in [-0.25, -0.2) is 9.07 Å². The maximum atomic E-state index is 13.0. The highest BCUT2D eigenvalue weighted by molar-refractivity contribution is 5.31. The molecule has 1 unspecified atom stereocenters. The molecule has 4 heteroatoms. The zero-order chi connectivity index (χ0) is 11.5. The molecule has 0 bridgehead atoms. The SMILES string of the molecule is CC(N)Cc1cnn(-c2cccc(F)c2)c1. The van der Waals surface area contributed by atoms with E-state index >= 15 is 0 Å². The van der Waals surface area contributed by atoms with E-state index in [-0.39, 0.29) is 11.9 Å². The summed E-state index contributed by atoms with van der Waals surface area (Å²) in [6, 6.07) is 6.44. The Bertz CT molecular complexity index is 477. The molecule has 0 aliphatic carbocycles. The van der Waals surface area contributed by atoms with E-state index in [1.165, 1.54) is 12.1 Å². The predicted molar refractivity (Wildman–Crippen MR) is 60.9 cm³/mol. The van der Waals surface area contributed by atoms with Crippen LogP contribution in [0.25, 0.3) is 5.69 Å². The Kier molecular flexibility index (Phi) is 3.01. The van der Waals surface area contributed by atoms with Gasteiger partial charge in [0.1, 0.15) is 5.82 Å². The van der Waals surface area contributed by atoms with Crippen LogP contribution >= 0.6 is 0 Å². The van der Waals surface area contributed by atoms with Gasteiger partial charge in [0.05, 0.1) is 11.9 Å². The first-order valence-electron chi connectivity index (χ1n) is 5.20. The van der Waals surface area contributed by atoms with Crippen molar-refractivity contribution < 1.29 is 4.39 Å². The van der Waals surface area contributed by atoms with Gasteiger partial charge in [0, 0.05) is 12.2 Å². The fourth-order valence-electron chi connectivity index (χ4n) is 1.60. The lowest BCUT2D eigenvalue weighted by Gasteiger charge is -2.01. The molecular weight excluding hydrogens is 205 g/mol. The van der Waals surface area contributed by atoms with Gasteiger partial charge in [-0.05, 0) is 37.1 Å². The first-order chi connectivity index (χ1) is 7.65. The molecule has 84 valence electrons. The Hall–Kier alpha value is -1.68. The fraction of sp³-hybridized carbons (Fsp3) is 0.250. The third-order valence-electron chi connectivity index (χ3n) is 2.27. The molecule has 2 N–H and O–H groups in total. The number of benzene rings is 1. The van der Waals surface area contributed by atoms with E-state index in [2.05, 4.69) is 5.10 Å². The van der Waals surface area contributed by atoms with Crippen molar-refractivity contribution in [2.45, 2.75) is 19.4 Å². The molecule has 0 aliphatic heterocycles. The average Bonchev–Trinajstić information content (AvgIpc) is 2.65. The van der Waals surface area contributed by atoms with Crippen molar-refractivity contribution >= 4 is 0 Å². The second kappa shape index (κ2) is 4.45. The quantitative estimate of drug-likeness (QED) is 0.856. The predicted octanol–water partition coefficient (Wildman–Crippen LogP) is 1.90. The summed E-state index contributed by atoms with van der Waals surface area (Å²) in [5.41, 5.74) is 7.47. The summed E-state index contributed by atoms with van der Waals surface area (Å²) in [6.45, 7) is 1.94. The van der Waals surface area contributed by atoms with Crippen molar-refractivity contribution in [3.05, 3.63) is 48.0 Å². The zero-order valence-electron chi connectivity index (χ0n) is 9.10. The summed E-state index contributed by atoms with van der Waals surface area (Å²) in [6.07, 6.45) is 4.40. The summed E-state index contributed by atoms with van der Waals surface area (Å²) < 4.78 is 14.7. The Balaban J connectivity index is 2.24. The van der Waals surface area contributed by atoms with Crippen LogP contribution in [0, 0.1) is 5.82 Å². The van der Waals surface area contributed by atoms with Crippen LogP contribution in [0.4, 0.5) is 4.39 Å². The molecule has 1 aromatic heterocycles. The van der Waals surface area contributed by atoms with E-state index in [0.717, 1.165) is 17.7 Å². The van der Waals surface area contributed by atoms with Gasteiger partial charge in [-0.15, -0.1) is 0 Å². The molecule has 3 nitrogen and oxygen atoms in total. The summed E-state index contributed by atoms with van der Waals surface area (Å²) in [5, 5.41) is 4.18. The highest BCUT2D eigenvalue weighted by Crippen LogP contribution is 2.10. The average molecular weight is 219 g/mol. The van der Waals surface area contributed by atoms with Crippen molar-refractivity contribution in [1.82, 2.24) is 9.78 Å². The molecule has 0 saturated carbocycles. The minimum Gasteiger partial charge on any atom is -0.328 e. The van der Waals surface area contributed by atoms with E-state index in [4.69, 9.17) is 5.73 Å². The van der Waals surface area contributed by atoms with E-state index in [9.17, 15) is 4.39 Å². The second-order valence-electron chi connectivity index (χ2n) is 3.95. The van der Waals surface area contributed by atoms with Crippen molar-refractivity contribution in [3.8, 4) is 5.69 Å². The summed E-state index contributed by atoms with van der Waals surface area (Å²) in [4.78, 5) is 0. The topological polar surface area (TPSA) is 43.8 Å². The van der Waals surface area contributed by atoms with Crippen LogP contribution < -0.4 is 5.73 Å². The van der Waals surface area contributed by atoms with Crippen LogP contribution in [0.5, 0.6) is 0 Å². The monoisotopic (exact) mass is 219 g/mol. The molecule has 1 atom stereocenters. The molecule has 2 rings (SSSR count). The molecule has 0 saturated heterocycles. The Morgan fingerprint density at radius 3 is 3.00 bits per heavy atom. The molecule has 0 amide bonds. The van der Waals surface area contributed by atoms with Crippen molar-refractivity contribution in [3.63, 3.8) is 0 Å². The fourth-order valence-corrected chi connectivity index (χ4v) is 1.60. The molecule has 0 fully saturated rings. The third-order valence-corrected chi connectivity index (χ3v) is 2.27. The number of rotatable bonds is 3. The lowest BCUT2D eigenvalue weighted by molar-refractivity contribution is 0.625. The summed E-state index contributed by atoms with van der Waals surface area (Å²) >= 11 is 0. The van der Waals surface area contributed by atoms with Gasteiger partial charge < -0.3 is 5.73 Å². The standard InChI is InChI=1S/C12H14FN3/c1-9(14)5-10-7-15-16(8-10)12-4-2-3-11(13)6-12/h2-4,6-9H,5,14H2,1H3. The van der Waals surface area contributed by atoms with E-state index in [1.807, 2.05) is 19.2 Å². The highest BCUT2D eigenvalue weighted by atomic mass is 19.1. The van der Waals surface area contributed by atoms with Gasteiger partial charge in [0.25, 0.3) is 0 Å². The van der Waals surface area contributed by atoms with Crippen LogP contribution in [0.15, 0.2) is 36.7 Å². The first kappa shape index (κ1) is 10.8. The first-order valence-corrected chi connectivity index (χ1v) is 5.20. The molecule has 1 aromatic carbocycles. The van der Waals surface area contributed by atoms with Crippen molar-refractivity contribution in [2.75, 3.05) is 0 Å². The normalized spacial score (nSPS) is 12.7. The maximum Gasteiger partial charge on any atom is 0.125 e. The van der Waals surface area contributed by atoms with Crippen LogP contribution in [0.2, 0.25) is 0 Å². The van der Waals surface area contributed by atoms with Gasteiger partial charge in [-0.2, -0.15) is 5.10 Å². The third kappa shape index (κ3) is 2.46. The lowest BCUT2D eigenvalue weighted by Crippen LogP contribution is -2.17. The molecule has 0 spiro atoms. The zero-order valence-corrected chi connectivity index (χ0v) is 9.10. The van der Waals surface area contributed by atoms with Crippen molar-refractivity contribution in [1.29, 1.82) is 0 Å². The Labute approximate surface area is 93.7 Å². The van der Waals surface area contributed by atoms with Gasteiger partial charge in [0.2, 0.25) is 0 Å². The molecule has 0 radical (unpaired) electrons. The molecule has 0 aliphatic rings. The van der Waals surface area contributed by atoms with E-state index < -0.39 is 0 Å². The lowest BCUT2D eigenvalue weighted by atomic mass is 10.1. The van der Waals surface area contributed by atoms with E-state index in [1.54, 1.807) is 16.9 Å². The van der Waals surface area contributed by atoms with Crippen LogP contribution in [0.3, 0.4) is 0 Å². The molecule has 2 aromatic rings. The molecule has 1 heterocycles.